The summed E-state index contributed by atoms with van der Waals surface area (Å²) in [7, 11) is 0. The molecule has 1 atom stereocenters. The lowest BCUT2D eigenvalue weighted by Gasteiger charge is -2.35. The summed E-state index contributed by atoms with van der Waals surface area (Å²) in [5.74, 6) is -0.867. The van der Waals surface area contributed by atoms with Crippen molar-refractivity contribution < 1.29 is 28.6 Å². The number of nitrogens with zero attached hydrogens (tertiary/aromatic N) is 3. The molecule has 0 bridgehead atoms. The van der Waals surface area contributed by atoms with Gasteiger partial charge in [-0.15, -0.1) is 0 Å². The van der Waals surface area contributed by atoms with Crippen LogP contribution < -0.4 is 10.2 Å². The third-order valence-corrected chi connectivity index (χ3v) is 4.44. The SMILES string of the molecule is CC(=O)NCC1OC(=O)N=C1c1cccc(N2CCN(C(=O)O)CC2)c1F. The molecule has 0 aliphatic carbocycles. The van der Waals surface area contributed by atoms with Crippen molar-refractivity contribution in [2.24, 2.45) is 4.99 Å². The minimum atomic E-state index is -0.999. The highest BCUT2D eigenvalue weighted by Gasteiger charge is 2.32. The van der Waals surface area contributed by atoms with Gasteiger partial charge in [-0.1, -0.05) is 6.07 Å². The van der Waals surface area contributed by atoms with Crippen LogP contribution >= 0.6 is 0 Å². The standard InChI is InChI=1S/C17H19FN4O5/c1-10(23)19-9-13-15(20-16(24)27-13)11-3-2-4-12(14(11)18)21-5-7-22(8-6-21)17(25)26/h2-4,13H,5-9H2,1H3,(H,19,23)(H,25,26). The van der Waals surface area contributed by atoms with Gasteiger partial charge < -0.3 is 25.0 Å². The van der Waals surface area contributed by atoms with Crippen LogP contribution in [0.4, 0.5) is 19.7 Å². The summed E-state index contributed by atoms with van der Waals surface area (Å²) in [4.78, 5) is 40.5. The number of halogens is 1. The van der Waals surface area contributed by atoms with Crippen molar-refractivity contribution in [3.63, 3.8) is 0 Å². The molecule has 2 heterocycles. The van der Waals surface area contributed by atoms with Crippen LogP contribution in [-0.4, -0.2) is 72.6 Å². The molecule has 0 saturated carbocycles. The molecule has 0 aromatic heterocycles. The number of carbonyl (C=O) groups excluding carboxylic acids is 2. The van der Waals surface area contributed by atoms with E-state index in [1.165, 1.54) is 17.9 Å². The summed E-state index contributed by atoms with van der Waals surface area (Å²) in [6, 6.07) is 4.72. The van der Waals surface area contributed by atoms with Crippen LogP contribution in [0.5, 0.6) is 0 Å². The van der Waals surface area contributed by atoms with Crippen LogP contribution in [-0.2, 0) is 9.53 Å². The number of anilines is 1. The van der Waals surface area contributed by atoms with Gasteiger partial charge in [0.2, 0.25) is 5.91 Å². The summed E-state index contributed by atoms with van der Waals surface area (Å²) in [6.45, 7) is 2.57. The van der Waals surface area contributed by atoms with E-state index in [1.54, 1.807) is 17.0 Å². The lowest BCUT2D eigenvalue weighted by atomic mass is 10.0. The van der Waals surface area contributed by atoms with E-state index in [9.17, 15) is 14.4 Å². The Balaban J connectivity index is 1.82. The fourth-order valence-corrected chi connectivity index (χ4v) is 3.08. The minimum absolute atomic E-state index is 0.000853. The molecule has 2 N–H and O–H groups in total. The topological polar surface area (TPSA) is 112 Å². The predicted octanol–water partition coefficient (Wildman–Crippen LogP) is 1.07. The second kappa shape index (κ2) is 7.60. The van der Waals surface area contributed by atoms with Gasteiger partial charge >= 0.3 is 12.2 Å². The van der Waals surface area contributed by atoms with Crippen LogP contribution in [0, 0.1) is 5.82 Å². The molecule has 9 nitrogen and oxygen atoms in total. The average Bonchev–Trinajstić information content (AvgIpc) is 3.00. The third kappa shape index (κ3) is 3.99. The van der Waals surface area contributed by atoms with E-state index < -0.39 is 24.1 Å². The molecule has 27 heavy (non-hydrogen) atoms. The van der Waals surface area contributed by atoms with Gasteiger partial charge in [-0.25, -0.2) is 14.0 Å². The van der Waals surface area contributed by atoms with E-state index in [0.29, 0.717) is 18.8 Å². The molecule has 2 aliphatic rings. The zero-order chi connectivity index (χ0) is 19.6. The quantitative estimate of drug-likeness (QED) is 0.811. The monoisotopic (exact) mass is 378 g/mol. The van der Waals surface area contributed by atoms with Crippen LogP contribution in [0.15, 0.2) is 23.2 Å². The van der Waals surface area contributed by atoms with Crippen LogP contribution in [0.3, 0.4) is 0 Å². The summed E-state index contributed by atoms with van der Waals surface area (Å²) in [6.07, 6.45) is -2.70. The van der Waals surface area contributed by atoms with Crippen LogP contribution in [0.25, 0.3) is 0 Å². The Morgan fingerprint density at radius 2 is 2.04 bits per heavy atom. The van der Waals surface area contributed by atoms with Crippen molar-refractivity contribution in [3.8, 4) is 0 Å². The van der Waals surface area contributed by atoms with Crippen LogP contribution in [0.1, 0.15) is 12.5 Å². The van der Waals surface area contributed by atoms with Gasteiger partial charge in [0, 0.05) is 38.7 Å². The number of benzene rings is 1. The largest absolute Gasteiger partial charge is 0.465 e. The number of ether oxygens (including phenoxy) is 1. The number of carbonyl (C=O) groups is 3. The van der Waals surface area contributed by atoms with Crippen molar-refractivity contribution in [2.45, 2.75) is 13.0 Å². The number of rotatable bonds is 4. The molecule has 0 spiro atoms. The molecular formula is C17H19FN4O5. The molecule has 144 valence electrons. The number of nitrogens with one attached hydrogen (secondary N) is 1. The first-order chi connectivity index (χ1) is 12.9. The zero-order valence-electron chi connectivity index (χ0n) is 14.6. The maximum absolute atomic E-state index is 15.2. The maximum Gasteiger partial charge on any atom is 0.434 e. The Morgan fingerprint density at radius 3 is 2.67 bits per heavy atom. The van der Waals surface area contributed by atoms with Gasteiger partial charge in [0.15, 0.2) is 11.9 Å². The van der Waals surface area contributed by atoms with Gasteiger partial charge in [0.05, 0.1) is 12.2 Å². The normalized spacial score (nSPS) is 19.6. The second-order valence-corrected chi connectivity index (χ2v) is 6.20. The number of carboxylic acid groups (broad SMARTS) is 1. The molecule has 3 amide bonds. The Morgan fingerprint density at radius 1 is 1.33 bits per heavy atom. The highest BCUT2D eigenvalue weighted by atomic mass is 19.1. The first kappa shape index (κ1) is 18.6. The summed E-state index contributed by atoms with van der Waals surface area (Å²) < 4.78 is 20.2. The molecule has 1 aromatic rings. The van der Waals surface area contributed by atoms with Crippen molar-refractivity contribution in [1.29, 1.82) is 0 Å². The molecule has 1 saturated heterocycles. The van der Waals surface area contributed by atoms with Gasteiger partial charge in [-0.3, -0.25) is 4.79 Å². The number of hydrogen-bond acceptors (Lipinski definition) is 5. The van der Waals surface area contributed by atoms with E-state index in [1.807, 2.05) is 0 Å². The van der Waals surface area contributed by atoms with E-state index in [2.05, 4.69) is 10.3 Å². The number of hydrogen-bond donors (Lipinski definition) is 2. The number of amides is 3. The molecule has 2 aliphatic heterocycles. The Kier molecular flexibility index (Phi) is 5.24. The van der Waals surface area contributed by atoms with Crippen molar-refractivity contribution in [2.75, 3.05) is 37.6 Å². The molecule has 10 heteroatoms. The zero-order valence-corrected chi connectivity index (χ0v) is 14.6. The summed E-state index contributed by atoms with van der Waals surface area (Å²) in [5, 5.41) is 11.6. The second-order valence-electron chi connectivity index (χ2n) is 6.20. The van der Waals surface area contributed by atoms with Crippen molar-refractivity contribution >= 4 is 29.5 Å². The molecule has 1 fully saturated rings. The Labute approximate surface area is 154 Å². The number of aliphatic imine (C=N–C) groups is 1. The van der Waals surface area contributed by atoms with Crippen LogP contribution in [0.2, 0.25) is 0 Å². The average molecular weight is 378 g/mol. The number of cyclic esters (lactones) is 1. The van der Waals surface area contributed by atoms with Crippen molar-refractivity contribution in [1.82, 2.24) is 10.2 Å². The molecule has 0 radical (unpaired) electrons. The number of piperazine rings is 1. The fourth-order valence-electron chi connectivity index (χ4n) is 3.08. The molecular weight excluding hydrogens is 359 g/mol. The van der Waals surface area contributed by atoms with Gasteiger partial charge in [-0.05, 0) is 12.1 Å². The lowest BCUT2D eigenvalue weighted by molar-refractivity contribution is -0.119. The minimum Gasteiger partial charge on any atom is -0.465 e. The predicted molar refractivity (Wildman–Crippen MR) is 93.7 cm³/mol. The Hall–Kier alpha value is -3.17. The third-order valence-electron chi connectivity index (χ3n) is 4.44. The van der Waals surface area contributed by atoms with Gasteiger partial charge in [0.25, 0.3) is 0 Å². The van der Waals surface area contributed by atoms with E-state index in [0.717, 1.165) is 0 Å². The maximum atomic E-state index is 15.2. The molecule has 1 aromatic carbocycles. The molecule has 3 rings (SSSR count). The highest BCUT2D eigenvalue weighted by molar-refractivity contribution is 6.12. The molecule has 1 unspecified atom stereocenters. The van der Waals surface area contributed by atoms with E-state index in [-0.39, 0.29) is 36.8 Å². The fraction of sp³-hybridized carbons (Fsp3) is 0.412. The smallest absolute Gasteiger partial charge is 0.434 e. The summed E-state index contributed by atoms with van der Waals surface area (Å²) in [5.41, 5.74) is 0.546. The first-order valence-corrected chi connectivity index (χ1v) is 8.42. The Bertz CT molecular complexity index is 805. The lowest BCUT2D eigenvalue weighted by Crippen LogP contribution is -2.48. The van der Waals surface area contributed by atoms with E-state index >= 15 is 4.39 Å². The van der Waals surface area contributed by atoms with Gasteiger partial charge in [0.1, 0.15) is 5.71 Å². The highest BCUT2D eigenvalue weighted by Crippen LogP contribution is 2.26. The van der Waals surface area contributed by atoms with Crippen molar-refractivity contribution in [3.05, 3.63) is 29.6 Å². The first-order valence-electron chi connectivity index (χ1n) is 8.42. The van der Waals surface area contributed by atoms with E-state index in [4.69, 9.17) is 9.84 Å². The van der Waals surface area contributed by atoms with Gasteiger partial charge in [-0.2, -0.15) is 4.99 Å². The summed E-state index contributed by atoms with van der Waals surface area (Å²) >= 11 is 0.